The van der Waals surface area contributed by atoms with Gasteiger partial charge in [0, 0.05) is 32.7 Å². The number of rotatable bonds is 5. The lowest BCUT2D eigenvalue weighted by atomic mass is 9.80. The van der Waals surface area contributed by atoms with Crippen molar-refractivity contribution in [3.63, 3.8) is 0 Å². The molecule has 118 valence electrons. The average molecular weight is 291 g/mol. The maximum Gasteiger partial charge on any atom is 0.119 e. The largest absolute Gasteiger partial charge is 0.497 e. The number of methoxy groups -OCH3 is 1. The highest BCUT2D eigenvalue weighted by atomic mass is 16.5. The van der Waals surface area contributed by atoms with E-state index >= 15 is 0 Å². The van der Waals surface area contributed by atoms with Gasteiger partial charge in [0.15, 0.2) is 0 Å². The zero-order chi connectivity index (χ0) is 15.5. The SMILES string of the molecule is COc1cccc(C(N)(CN2CCN(C)CC2)C(C)C)c1. The van der Waals surface area contributed by atoms with E-state index in [-0.39, 0.29) is 5.54 Å². The molecule has 1 aromatic carbocycles. The first kappa shape index (κ1) is 16.3. The van der Waals surface area contributed by atoms with Crippen molar-refractivity contribution in [1.82, 2.24) is 9.80 Å². The number of hydrogen-bond acceptors (Lipinski definition) is 4. The zero-order valence-corrected chi connectivity index (χ0v) is 13.8. The van der Waals surface area contributed by atoms with Crippen molar-refractivity contribution in [3.05, 3.63) is 29.8 Å². The number of ether oxygens (including phenoxy) is 1. The molecular weight excluding hydrogens is 262 g/mol. The smallest absolute Gasteiger partial charge is 0.119 e. The molecule has 0 aliphatic carbocycles. The molecule has 0 bridgehead atoms. The van der Waals surface area contributed by atoms with Crippen molar-refractivity contribution in [2.75, 3.05) is 46.9 Å². The van der Waals surface area contributed by atoms with E-state index in [0.717, 1.165) is 44.0 Å². The lowest BCUT2D eigenvalue weighted by Crippen LogP contribution is -2.55. The van der Waals surface area contributed by atoms with Crippen LogP contribution in [0.3, 0.4) is 0 Å². The van der Waals surface area contributed by atoms with Crippen molar-refractivity contribution in [2.45, 2.75) is 19.4 Å². The van der Waals surface area contributed by atoms with Gasteiger partial charge < -0.3 is 15.4 Å². The lowest BCUT2D eigenvalue weighted by molar-refractivity contribution is 0.110. The molecule has 1 aliphatic heterocycles. The molecule has 1 aromatic rings. The molecule has 0 aromatic heterocycles. The van der Waals surface area contributed by atoms with Crippen molar-refractivity contribution < 1.29 is 4.74 Å². The molecule has 1 heterocycles. The number of nitrogens with zero attached hydrogens (tertiary/aromatic N) is 2. The normalized spacial score (nSPS) is 20.5. The van der Waals surface area contributed by atoms with Gasteiger partial charge in [-0.3, -0.25) is 4.90 Å². The summed E-state index contributed by atoms with van der Waals surface area (Å²) < 4.78 is 5.36. The molecule has 1 aliphatic rings. The molecule has 2 rings (SSSR count). The fourth-order valence-corrected chi connectivity index (χ4v) is 2.90. The van der Waals surface area contributed by atoms with Crippen LogP contribution < -0.4 is 10.5 Å². The Morgan fingerprint density at radius 1 is 1.24 bits per heavy atom. The van der Waals surface area contributed by atoms with Crippen LogP contribution in [0.2, 0.25) is 0 Å². The van der Waals surface area contributed by atoms with Crippen LogP contribution in [-0.2, 0) is 5.54 Å². The summed E-state index contributed by atoms with van der Waals surface area (Å²) in [5.74, 6) is 1.24. The quantitative estimate of drug-likeness (QED) is 0.897. The van der Waals surface area contributed by atoms with Crippen LogP contribution in [0.4, 0.5) is 0 Å². The minimum absolute atomic E-state index is 0.343. The fraction of sp³-hybridized carbons (Fsp3) is 0.647. The van der Waals surface area contributed by atoms with E-state index in [1.807, 2.05) is 12.1 Å². The zero-order valence-electron chi connectivity index (χ0n) is 13.8. The van der Waals surface area contributed by atoms with Crippen LogP contribution in [0.5, 0.6) is 5.75 Å². The summed E-state index contributed by atoms with van der Waals surface area (Å²) in [6.45, 7) is 9.72. The van der Waals surface area contributed by atoms with E-state index in [2.05, 4.69) is 42.8 Å². The van der Waals surface area contributed by atoms with Crippen molar-refractivity contribution in [3.8, 4) is 5.75 Å². The highest BCUT2D eigenvalue weighted by molar-refractivity contribution is 5.34. The Labute approximate surface area is 128 Å². The van der Waals surface area contributed by atoms with E-state index in [0.29, 0.717) is 5.92 Å². The van der Waals surface area contributed by atoms with E-state index in [9.17, 15) is 0 Å². The fourth-order valence-electron chi connectivity index (χ4n) is 2.90. The Kier molecular flexibility index (Phi) is 5.25. The second kappa shape index (κ2) is 6.77. The molecule has 1 saturated heterocycles. The van der Waals surface area contributed by atoms with Crippen LogP contribution in [0.1, 0.15) is 19.4 Å². The van der Waals surface area contributed by atoms with Gasteiger partial charge in [-0.15, -0.1) is 0 Å². The van der Waals surface area contributed by atoms with Gasteiger partial charge in [0.05, 0.1) is 12.6 Å². The summed E-state index contributed by atoms with van der Waals surface area (Å²) in [5.41, 5.74) is 7.66. The predicted octanol–water partition coefficient (Wildman–Crippen LogP) is 1.75. The second-order valence-corrected chi connectivity index (χ2v) is 6.51. The molecule has 0 saturated carbocycles. The first-order chi connectivity index (χ1) is 9.95. The molecule has 1 atom stereocenters. The first-order valence-electron chi connectivity index (χ1n) is 7.80. The molecule has 21 heavy (non-hydrogen) atoms. The summed E-state index contributed by atoms with van der Waals surface area (Å²) in [6.07, 6.45) is 0. The van der Waals surface area contributed by atoms with Gasteiger partial charge in [-0.2, -0.15) is 0 Å². The topological polar surface area (TPSA) is 41.7 Å². The Hall–Kier alpha value is -1.10. The summed E-state index contributed by atoms with van der Waals surface area (Å²) in [5, 5.41) is 0. The summed E-state index contributed by atoms with van der Waals surface area (Å²) in [6, 6.07) is 8.21. The molecule has 0 amide bonds. The maximum absolute atomic E-state index is 6.84. The number of benzene rings is 1. The molecule has 0 radical (unpaired) electrons. The summed E-state index contributed by atoms with van der Waals surface area (Å²) >= 11 is 0. The highest BCUT2D eigenvalue weighted by Crippen LogP contribution is 2.30. The van der Waals surface area contributed by atoms with E-state index in [1.165, 1.54) is 0 Å². The van der Waals surface area contributed by atoms with Crippen LogP contribution in [0.15, 0.2) is 24.3 Å². The standard InChI is InChI=1S/C17H29N3O/c1-14(2)17(18,13-20-10-8-19(3)9-11-20)15-6-5-7-16(12-15)21-4/h5-7,12,14H,8-11,13,18H2,1-4H3. The number of nitrogens with two attached hydrogens (primary N) is 1. The predicted molar refractivity (Wildman–Crippen MR) is 87.6 cm³/mol. The summed E-state index contributed by atoms with van der Waals surface area (Å²) in [4.78, 5) is 4.86. The molecule has 2 N–H and O–H groups in total. The second-order valence-electron chi connectivity index (χ2n) is 6.51. The van der Waals surface area contributed by atoms with Crippen molar-refractivity contribution in [2.24, 2.45) is 11.7 Å². The van der Waals surface area contributed by atoms with Crippen LogP contribution in [0.25, 0.3) is 0 Å². The van der Waals surface area contributed by atoms with E-state index in [1.54, 1.807) is 7.11 Å². The third kappa shape index (κ3) is 3.76. The van der Waals surface area contributed by atoms with Crippen molar-refractivity contribution >= 4 is 0 Å². The third-order valence-electron chi connectivity index (χ3n) is 4.72. The molecule has 0 spiro atoms. The van der Waals surface area contributed by atoms with Gasteiger partial charge in [-0.25, -0.2) is 0 Å². The van der Waals surface area contributed by atoms with Gasteiger partial charge in [0.25, 0.3) is 0 Å². The van der Waals surface area contributed by atoms with Crippen LogP contribution in [-0.4, -0.2) is 56.7 Å². The van der Waals surface area contributed by atoms with Crippen LogP contribution >= 0.6 is 0 Å². The van der Waals surface area contributed by atoms with E-state index < -0.39 is 0 Å². The van der Waals surface area contributed by atoms with Gasteiger partial charge in [0.1, 0.15) is 5.75 Å². The molecule has 4 nitrogen and oxygen atoms in total. The average Bonchev–Trinajstić information content (AvgIpc) is 2.49. The maximum atomic E-state index is 6.84. The third-order valence-corrected chi connectivity index (χ3v) is 4.72. The Morgan fingerprint density at radius 3 is 2.48 bits per heavy atom. The van der Waals surface area contributed by atoms with Gasteiger partial charge >= 0.3 is 0 Å². The Balaban J connectivity index is 2.19. The minimum Gasteiger partial charge on any atom is -0.497 e. The number of hydrogen-bond donors (Lipinski definition) is 1. The minimum atomic E-state index is -0.343. The molecule has 4 heteroatoms. The molecule has 1 fully saturated rings. The van der Waals surface area contributed by atoms with Gasteiger partial charge in [-0.1, -0.05) is 26.0 Å². The Morgan fingerprint density at radius 2 is 1.90 bits per heavy atom. The number of piperazine rings is 1. The van der Waals surface area contributed by atoms with E-state index in [4.69, 9.17) is 10.5 Å². The molecular formula is C17H29N3O. The van der Waals surface area contributed by atoms with Gasteiger partial charge in [-0.05, 0) is 30.7 Å². The van der Waals surface area contributed by atoms with Crippen molar-refractivity contribution in [1.29, 1.82) is 0 Å². The molecule has 1 unspecified atom stereocenters. The van der Waals surface area contributed by atoms with Gasteiger partial charge in [0.2, 0.25) is 0 Å². The number of likely N-dealkylation sites (N-methyl/N-ethyl adjacent to an activating group) is 1. The lowest BCUT2D eigenvalue weighted by Gasteiger charge is -2.42. The Bertz CT molecular complexity index is 455. The van der Waals surface area contributed by atoms with Crippen LogP contribution in [0, 0.1) is 5.92 Å². The summed E-state index contributed by atoms with van der Waals surface area (Å²) in [7, 11) is 3.88. The first-order valence-corrected chi connectivity index (χ1v) is 7.80. The highest BCUT2D eigenvalue weighted by Gasteiger charge is 2.34. The monoisotopic (exact) mass is 291 g/mol.